The molecule has 1 N–H and O–H groups in total. The van der Waals surface area contributed by atoms with E-state index in [-0.39, 0.29) is 5.91 Å². The maximum Gasteiger partial charge on any atom is 0.226 e. The fraction of sp³-hybridized carbons (Fsp3) is 0.412. The second-order valence-electron chi connectivity index (χ2n) is 6.14. The van der Waals surface area contributed by atoms with Crippen molar-refractivity contribution in [2.45, 2.75) is 18.4 Å². The Morgan fingerprint density at radius 3 is 3.04 bits per heavy atom. The average Bonchev–Trinajstić information content (AvgIpc) is 3.18. The summed E-state index contributed by atoms with van der Waals surface area (Å²) in [7, 11) is 1.76. The third-order valence-electron chi connectivity index (χ3n) is 4.20. The number of pyridine rings is 1. The fourth-order valence-corrected chi connectivity index (χ4v) is 3.62. The highest BCUT2D eigenvalue weighted by atomic mass is 32.1. The predicted octanol–water partition coefficient (Wildman–Crippen LogP) is 1.79. The van der Waals surface area contributed by atoms with Crippen molar-refractivity contribution < 1.29 is 9.90 Å². The molecule has 6 heteroatoms. The molecule has 3 rings (SSSR count). The van der Waals surface area contributed by atoms with E-state index >= 15 is 0 Å². The first-order valence-corrected chi connectivity index (χ1v) is 8.63. The van der Waals surface area contributed by atoms with E-state index in [2.05, 4.69) is 9.88 Å². The van der Waals surface area contributed by atoms with Crippen LogP contribution in [0.1, 0.15) is 12.0 Å². The number of nitrogens with zero attached hydrogens (tertiary/aromatic N) is 3. The van der Waals surface area contributed by atoms with E-state index in [0.717, 1.165) is 17.9 Å². The Hall–Kier alpha value is -1.92. The minimum Gasteiger partial charge on any atom is -0.386 e. The van der Waals surface area contributed by atoms with E-state index in [1.807, 2.05) is 35.0 Å². The summed E-state index contributed by atoms with van der Waals surface area (Å²) in [6.45, 7) is 1.60. The molecule has 0 aliphatic carbocycles. The first kappa shape index (κ1) is 16.0. The van der Waals surface area contributed by atoms with Crippen molar-refractivity contribution >= 4 is 23.1 Å². The van der Waals surface area contributed by atoms with Crippen LogP contribution in [0.15, 0.2) is 41.2 Å². The number of thiophene rings is 1. The van der Waals surface area contributed by atoms with Gasteiger partial charge in [0.2, 0.25) is 5.91 Å². The van der Waals surface area contributed by atoms with Gasteiger partial charge in [0.05, 0.1) is 13.0 Å². The van der Waals surface area contributed by atoms with Crippen molar-refractivity contribution in [1.29, 1.82) is 0 Å². The number of rotatable bonds is 5. The molecule has 0 radical (unpaired) electrons. The molecule has 0 bridgehead atoms. The number of likely N-dealkylation sites (N-methyl/N-ethyl adjacent to an activating group) is 1. The molecule has 0 spiro atoms. The van der Waals surface area contributed by atoms with Crippen LogP contribution in [0.25, 0.3) is 0 Å². The van der Waals surface area contributed by atoms with Gasteiger partial charge in [-0.25, -0.2) is 4.98 Å². The maximum atomic E-state index is 12.3. The van der Waals surface area contributed by atoms with Crippen molar-refractivity contribution in [2.24, 2.45) is 0 Å². The number of carbonyl (C=O) groups is 1. The molecule has 1 saturated heterocycles. The zero-order valence-corrected chi connectivity index (χ0v) is 14.0. The predicted molar refractivity (Wildman–Crippen MR) is 91.7 cm³/mol. The zero-order valence-electron chi connectivity index (χ0n) is 13.2. The zero-order chi connectivity index (χ0) is 16.3. The molecule has 1 fully saturated rings. The topological polar surface area (TPSA) is 56.7 Å². The van der Waals surface area contributed by atoms with Crippen LogP contribution in [0.2, 0.25) is 0 Å². The van der Waals surface area contributed by atoms with Crippen molar-refractivity contribution in [1.82, 2.24) is 9.88 Å². The summed E-state index contributed by atoms with van der Waals surface area (Å²) in [5.74, 6) is 0.906. The lowest BCUT2D eigenvalue weighted by Gasteiger charge is -2.29. The van der Waals surface area contributed by atoms with Crippen LogP contribution < -0.4 is 4.90 Å². The Morgan fingerprint density at radius 1 is 1.48 bits per heavy atom. The molecular formula is C17H21N3O2S. The van der Waals surface area contributed by atoms with Crippen LogP contribution >= 0.6 is 11.3 Å². The third kappa shape index (κ3) is 3.89. The molecule has 0 unspecified atom stereocenters. The monoisotopic (exact) mass is 331 g/mol. The number of hydrogen-bond acceptors (Lipinski definition) is 5. The molecule has 3 heterocycles. The lowest BCUT2D eigenvalue weighted by molar-refractivity contribution is -0.132. The van der Waals surface area contributed by atoms with Gasteiger partial charge in [-0.3, -0.25) is 4.79 Å². The minimum absolute atomic E-state index is 0.0353. The van der Waals surface area contributed by atoms with Gasteiger partial charge in [0.15, 0.2) is 0 Å². The highest BCUT2D eigenvalue weighted by Crippen LogP contribution is 2.26. The minimum atomic E-state index is -0.878. The second kappa shape index (κ2) is 6.68. The summed E-state index contributed by atoms with van der Waals surface area (Å²) >= 11 is 1.59. The van der Waals surface area contributed by atoms with E-state index in [0.29, 0.717) is 25.9 Å². The molecule has 1 aliphatic heterocycles. The number of hydrogen-bond donors (Lipinski definition) is 1. The maximum absolute atomic E-state index is 12.3. The summed E-state index contributed by atoms with van der Waals surface area (Å²) in [6, 6.07) is 7.72. The van der Waals surface area contributed by atoms with Crippen LogP contribution in [-0.4, -0.2) is 53.2 Å². The molecule has 5 nitrogen and oxygen atoms in total. The fourth-order valence-electron chi connectivity index (χ4n) is 2.95. The van der Waals surface area contributed by atoms with E-state index in [4.69, 9.17) is 0 Å². The SMILES string of the molecule is CN(C[C@@]1(O)CCN(c2ccccn2)C1)C(=O)Cc1ccsc1. The van der Waals surface area contributed by atoms with Crippen molar-refractivity contribution in [2.75, 3.05) is 31.6 Å². The highest BCUT2D eigenvalue weighted by Gasteiger charge is 2.38. The van der Waals surface area contributed by atoms with Crippen LogP contribution in [-0.2, 0) is 11.2 Å². The van der Waals surface area contributed by atoms with E-state index in [9.17, 15) is 9.90 Å². The van der Waals surface area contributed by atoms with Gasteiger partial charge in [-0.15, -0.1) is 0 Å². The van der Waals surface area contributed by atoms with Gasteiger partial charge in [0, 0.05) is 26.3 Å². The molecule has 122 valence electrons. The molecule has 2 aromatic rings. The molecule has 1 aliphatic rings. The standard InChI is InChI=1S/C17H21N3O2S/c1-19(16(21)10-14-5-9-23-11-14)12-17(22)6-8-20(13-17)15-4-2-3-7-18-15/h2-5,7,9,11,22H,6,8,10,12-13H2,1H3/t17-/m0/s1. The summed E-state index contributed by atoms with van der Waals surface area (Å²) in [5.41, 5.74) is 0.150. The van der Waals surface area contributed by atoms with Crippen LogP contribution in [0.4, 0.5) is 5.82 Å². The Morgan fingerprint density at radius 2 is 2.35 bits per heavy atom. The summed E-state index contributed by atoms with van der Waals surface area (Å²) in [5, 5.41) is 14.8. The summed E-state index contributed by atoms with van der Waals surface area (Å²) in [6.07, 6.45) is 2.78. The summed E-state index contributed by atoms with van der Waals surface area (Å²) in [4.78, 5) is 20.3. The van der Waals surface area contributed by atoms with Crippen molar-refractivity contribution in [3.05, 3.63) is 46.8 Å². The highest BCUT2D eigenvalue weighted by molar-refractivity contribution is 7.07. The molecule has 0 aromatic carbocycles. The van der Waals surface area contributed by atoms with Crippen LogP contribution in [0, 0.1) is 0 Å². The molecule has 1 atom stereocenters. The largest absolute Gasteiger partial charge is 0.386 e. The smallest absolute Gasteiger partial charge is 0.226 e. The molecule has 0 saturated carbocycles. The number of amides is 1. The molecule has 23 heavy (non-hydrogen) atoms. The van der Waals surface area contributed by atoms with Gasteiger partial charge in [0.25, 0.3) is 0 Å². The number of carbonyl (C=O) groups excluding carboxylic acids is 1. The van der Waals surface area contributed by atoms with E-state index in [1.54, 1.807) is 29.5 Å². The van der Waals surface area contributed by atoms with Gasteiger partial charge >= 0.3 is 0 Å². The normalized spacial score (nSPS) is 20.7. The second-order valence-corrected chi connectivity index (χ2v) is 6.92. The Bertz CT molecular complexity index is 647. The van der Waals surface area contributed by atoms with E-state index in [1.165, 1.54) is 0 Å². The quantitative estimate of drug-likeness (QED) is 0.907. The first-order chi connectivity index (χ1) is 11.1. The molecule has 1 amide bonds. The Labute approximate surface area is 140 Å². The lowest BCUT2D eigenvalue weighted by atomic mass is 10.0. The number of β-amino-alcohol motifs (C(OH)–C–C–N with tert-alkyl or cyclic N) is 1. The Balaban J connectivity index is 1.58. The molecular weight excluding hydrogens is 310 g/mol. The van der Waals surface area contributed by atoms with Gasteiger partial charge in [-0.1, -0.05) is 6.07 Å². The van der Waals surface area contributed by atoms with Gasteiger partial charge in [-0.2, -0.15) is 11.3 Å². The first-order valence-electron chi connectivity index (χ1n) is 7.69. The number of aromatic nitrogens is 1. The lowest BCUT2D eigenvalue weighted by Crippen LogP contribution is -2.46. The molecule has 2 aromatic heterocycles. The van der Waals surface area contributed by atoms with Gasteiger partial charge in [0.1, 0.15) is 11.4 Å². The van der Waals surface area contributed by atoms with Crippen molar-refractivity contribution in [3.63, 3.8) is 0 Å². The number of anilines is 1. The van der Waals surface area contributed by atoms with Crippen LogP contribution in [0.3, 0.4) is 0 Å². The summed E-state index contributed by atoms with van der Waals surface area (Å²) < 4.78 is 0. The van der Waals surface area contributed by atoms with E-state index < -0.39 is 5.60 Å². The van der Waals surface area contributed by atoms with Crippen molar-refractivity contribution in [3.8, 4) is 0 Å². The Kier molecular flexibility index (Phi) is 4.63. The van der Waals surface area contributed by atoms with Gasteiger partial charge < -0.3 is 14.9 Å². The number of aliphatic hydroxyl groups is 1. The van der Waals surface area contributed by atoms with Crippen LogP contribution in [0.5, 0.6) is 0 Å². The average molecular weight is 331 g/mol. The van der Waals surface area contributed by atoms with Gasteiger partial charge in [-0.05, 0) is 40.9 Å². The third-order valence-corrected chi connectivity index (χ3v) is 4.93.